The number of aliphatic hydroxyl groups excluding tert-OH is 7. The Kier molecular flexibility index (Phi) is 9.57. The van der Waals surface area contributed by atoms with E-state index in [-0.39, 0.29) is 12.7 Å². The van der Waals surface area contributed by atoms with Crippen molar-refractivity contribution in [2.24, 2.45) is 0 Å². The van der Waals surface area contributed by atoms with Crippen LogP contribution in [0.15, 0.2) is 36.4 Å². The Balaban J connectivity index is 1.54. The zero-order valence-electron chi connectivity index (χ0n) is 18.3. The van der Waals surface area contributed by atoms with Crippen LogP contribution in [-0.2, 0) is 9.47 Å². The molecule has 184 valence electrons. The van der Waals surface area contributed by atoms with Gasteiger partial charge in [0.05, 0.1) is 31.5 Å². The van der Waals surface area contributed by atoms with Gasteiger partial charge in [0.25, 0.3) is 0 Å². The van der Waals surface area contributed by atoms with Gasteiger partial charge in [0, 0.05) is 6.42 Å². The molecule has 7 N–H and O–H groups in total. The second kappa shape index (κ2) is 12.2. The lowest BCUT2D eigenvalue weighted by molar-refractivity contribution is -0.227. The van der Waals surface area contributed by atoms with Crippen LogP contribution in [0.4, 0.5) is 0 Å². The van der Waals surface area contributed by atoms with Gasteiger partial charge in [0.1, 0.15) is 36.6 Å². The number of hydrogen-bond acceptors (Lipinski definition) is 9. The lowest BCUT2D eigenvalue weighted by Gasteiger charge is -2.39. The average molecular weight is 467 g/mol. The SMILES string of the molecule is OCC1OC(CC=Cc2cccc(C=CCC3OC(CO)C(O)C(O)C3O)c2)CC(O)C1O. The van der Waals surface area contributed by atoms with Crippen LogP contribution >= 0.6 is 0 Å². The highest BCUT2D eigenvalue weighted by atomic mass is 16.5. The Morgan fingerprint density at radius 1 is 0.727 bits per heavy atom. The van der Waals surface area contributed by atoms with Crippen molar-refractivity contribution in [2.75, 3.05) is 13.2 Å². The number of aliphatic hydroxyl groups is 7. The molecule has 33 heavy (non-hydrogen) atoms. The van der Waals surface area contributed by atoms with Crippen molar-refractivity contribution >= 4 is 12.2 Å². The van der Waals surface area contributed by atoms with Crippen molar-refractivity contribution < 1.29 is 45.2 Å². The van der Waals surface area contributed by atoms with Crippen LogP contribution in [0, 0.1) is 0 Å². The monoisotopic (exact) mass is 466 g/mol. The molecule has 9 nitrogen and oxygen atoms in total. The van der Waals surface area contributed by atoms with Gasteiger partial charge in [0.15, 0.2) is 0 Å². The molecule has 1 aromatic rings. The average Bonchev–Trinajstić information content (AvgIpc) is 2.81. The third-order valence-corrected chi connectivity index (χ3v) is 6.12. The molecule has 0 spiro atoms. The molecule has 2 fully saturated rings. The summed E-state index contributed by atoms with van der Waals surface area (Å²) in [6, 6.07) is 7.70. The number of rotatable bonds is 8. The summed E-state index contributed by atoms with van der Waals surface area (Å²) in [6.45, 7) is -0.804. The summed E-state index contributed by atoms with van der Waals surface area (Å²) in [5.41, 5.74) is 1.86. The third-order valence-electron chi connectivity index (χ3n) is 6.12. The molecular weight excluding hydrogens is 432 g/mol. The first-order chi connectivity index (χ1) is 15.8. The van der Waals surface area contributed by atoms with E-state index in [0.29, 0.717) is 19.3 Å². The van der Waals surface area contributed by atoms with Gasteiger partial charge in [-0.2, -0.15) is 0 Å². The molecule has 0 radical (unpaired) electrons. The highest BCUT2D eigenvalue weighted by Gasteiger charge is 2.42. The summed E-state index contributed by atoms with van der Waals surface area (Å²) in [5, 5.41) is 68.1. The maximum atomic E-state index is 10.1. The van der Waals surface area contributed by atoms with Crippen molar-refractivity contribution in [1.82, 2.24) is 0 Å². The lowest BCUT2D eigenvalue weighted by Crippen LogP contribution is -2.58. The summed E-state index contributed by atoms with van der Waals surface area (Å²) in [7, 11) is 0. The summed E-state index contributed by atoms with van der Waals surface area (Å²) < 4.78 is 11.1. The molecule has 0 aromatic heterocycles. The summed E-state index contributed by atoms with van der Waals surface area (Å²) in [4.78, 5) is 0. The summed E-state index contributed by atoms with van der Waals surface area (Å²) in [5.74, 6) is 0. The van der Waals surface area contributed by atoms with Gasteiger partial charge in [0.2, 0.25) is 0 Å². The number of benzene rings is 1. The molecule has 2 aliphatic heterocycles. The fourth-order valence-corrected chi connectivity index (χ4v) is 4.18. The second-order valence-corrected chi connectivity index (χ2v) is 8.59. The van der Waals surface area contributed by atoms with Crippen LogP contribution < -0.4 is 0 Å². The van der Waals surface area contributed by atoms with Gasteiger partial charge in [-0.15, -0.1) is 0 Å². The molecule has 9 atom stereocenters. The lowest BCUT2D eigenvalue weighted by atomic mass is 9.93. The smallest absolute Gasteiger partial charge is 0.111 e. The summed E-state index contributed by atoms with van der Waals surface area (Å²) in [6.07, 6.45) is -0.148. The molecule has 0 saturated carbocycles. The minimum absolute atomic E-state index is 0.292. The molecule has 2 saturated heterocycles. The van der Waals surface area contributed by atoms with Gasteiger partial charge in [-0.3, -0.25) is 0 Å². The Morgan fingerprint density at radius 3 is 1.94 bits per heavy atom. The summed E-state index contributed by atoms with van der Waals surface area (Å²) >= 11 is 0. The Morgan fingerprint density at radius 2 is 1.30 bits per heavy atom. The van der Waals surface area contributed by atoms with Gasteiger partial charge in [-0.05, 0) is 30.0 Å². The van der Waals surface area contributed by atoms with Crippen LogP contribution in [0.5, 0.6) is 0 Å². The fourth-order valence-electron chi connectivity index (χ4n) is 4.18. The normalized spacial score (nSPS) is 37.7. The van der Waals surface area contributed by atoms with Crippen molar-refractivity contribution in [3.8, 4) is 0 Å². The molecule has 2 aliphatic rings. The highest BCUT2D eigenvalue weighted by molar-refractivity contribution is 5.57. The molecule has 9 heteroatoms. The number of ether oxygens (including phenoxy) is 2. The van der Waals surface area contributed by atoms with Crippen molar-refractivity contribution in [1.29, 1.82) is 0 Å². The van der Waals surface area contributed by atoms with Crippen molar-refractivity contribution in [3.05, 3.63) is 47.5 Å². The van der Waals surface area contributed by atoms with E-state index in [1.54, 1.807) is 6.08 Å². The van der Waals surface area contributed by atoms with E-state index in [0.717, 1.165) is 11.1 Å². The van der Waals surface area contributed by atoms with Gasteiger partial charge >= 0.3 is 0 Å². The van der Waals surface area contributed by atoms with Gasteiger partial charge in [-0.1, -0.05) is 42.5 Å². The maximum Gasteiger partial charge on any atom is 0.111 e. The van der Waals surface area contributed by atoms with E-state index < -0.39 is 55.4 Å². The first-order valence-electron chi connectivity index (χ1n) is 11.2. The second-order valence-electron chi connectivity index (χ2n) is 8.59. The van der Waals surface area contributed by atoms with Crippen LogP contribution in [0.1, 0.15) is 30.4 Å². The van der Waals surface area contributed by atoms with Gasteiger partial charge < -0.3 is 45.2 Å². The molecule has 1 aromatic carbocycles. The predicted octanol–water partition coefficient (Wildman–Crippen LogP) is -0.793. The standard InChI is InChI=1S/C24H34O9/c25-12-19-21(28)17(27)11-16(32-19)8-2-6-14-4-1-5-15(10-14)7-3-9-18-22(29)24(31)23(30)20(13-26)33-18/h1-7,10,16-31H,8-9,11-13H2. The van der Waals surface area contributed by atoms with E-state index in [4.69, 9.17) is 9.47 Å². The Hall–Kier alpha value is -1.66. The van der Waals surface area contributed by atoms with E-state index in [2.05, 4.69) is 0 Å². The third kappa shape index (κ3) is 6.69. The van der Waals surface area contributed by atoms with E-state index in [1.807, 2.05) is 42.5 Å². The Labute approximate surface area is 192 Å². The predicted molar refractivity (Wildman–Crippen MR) is 120 cm³/mol. The molecule has 2 heterocycles. The topological polar surface area (TPSA) is 160 Å². The maximum absolute atomic E-state index is 10.1. The number of hydrogen-bond donors (Lipinski definition) is 7. The van der Waals surface area contributed by atoms with Crippen LogP contribution in [-0.4, -0.2) is 104 Å². The van der Waals surface area contributed by atoms with Crippen LogP contribution in [0.2, 0.25) is 0 Å². The largest absolute Gasteiger partial charge is 0.394 e. The highest BCUT2D eigenvalue weighted by Crippen LogP contribution is 2.25. The van der Waals surface area contributed by atoms with Crippen LogP contribution in [0.25, 0.3) is 12.2 Å². The zero-order chi connectivity index (χ0) is 24.0. The first kappa shape index (κ1) is 26.0. The molecular formula is C24H34O9. The molecule has 0 bridgehead atoms. The molecule has 3 rings (SSSR count). The van der Waals surface area contributed by atoms with Gasteiger partial charge in [-0.25, -0.2) is 0 Å². The van der Waals surface area contributed by atoms with E-state index in [9.17, 15) is 35.7 Å². The van der Waals surface area contributed by atoms with E-state index in [1.165, 1.54) is 0 Å². The zero-order valence-corrected chi connectivity index (χ0v) is 18.3. The minimum Gasteiger partial charge on any atom is -0.394 e. The quantitative estimate of drug-likeness (QED) is 0.260. The Bertz CT molecular complexity index is 796. The van der Waals surface area contributed by atoms with Crippen LogP contribution in [0.3, 0.4) is 0 Å². The van der Waals surface area contributed by atoms with Crippen molar-refractivity contribution in [2.45, 2.75) is 74.2 Å². The minimum atomic E-state index is -1.38. The van der Waals surface area contributed by atoms with E-state index >= 15 is 0 Å². The molecule has 0 aliphatic carbocycles. The van der Waals surface area contributed by atoms with Crippen molar-refractivity contribution in [3.63, 3.8) is 0 Å². The molecule has 9 unspecified atom stereocenters. The molecule has 0 amide bonds. The fraction of sp³-hybridized carbons (Fsp3) is 0.583. The first-order valence-corrected chi connectivity index (χ1v) is 11.2.